The summed E-state index contributed by atoms with van der Waals surface area (Å²) in [7, 11) is 0. The lowest BCUT2D eigenvalue weighted by atomic mass is 10.0. The van der Waals surface area contributed by atoms with Crippen LogP contribution >= 0.6 is 11.6 Å². The van der Waals surface area contributed by atoms with E-state index in [0.717, 1.165) is 16.0 Å². The van der Waals surface area contributed by atoms with Gasteiger partial charge < -0.3 is 0 Å². The molecule has 0 heterocycles. The Morgan fingerprint density at radius 2 is 2.00 bits per heavy atom. The summed E-state index contributed by atoms with van der Waals surface area (Å²) >= 11 is 5.93. The summed E-state index contributed by atoms with van der Waals surface area (Å²) in [5.41, 5.74) is 2.27. The molecule has 0 saturated carbocycles. The van der Waals surface area contributed by atoms with Crippen LogP contribution in [0.15, 0.2) is 30.3 Å². The second-order valence-electron chi connectivity index (χ2n) is 3.58. The molecule has 15 heavy (non-hydrogen) atoms. The second kappa shape index (κ2) is 4.19. The summed E-state index contributed by atoms with van der Waals surface area (Å²) in [4.78, 5) is 4.65. The summed E-state index contributed by atoms with van der Waals surface area (Å²) in [6, 6.07) is 10.0. The van der Waals surface area contributed by atoms with E-state index in [1.165, 1.54) is 10.9 Å². The molecule has 78 valence electrons. The quantitative estimate of drug-likeness (QED) is 0.791. The van der Waals surface area contributed by atoms with Gasteiger partial charge in [-0.05, 0) is 47.0 Å². The van der Waals surface area contributed by atoms with Gasteiger partial charge in [-0.25, -0.2) is 5.90 Å². The van der Waals surface area contributed by atoms with Crippen molar-refractivity contribution >= 4 is 22.4 Å². The molecule has 2 rings (SSSR count). The van der Waals surface area contributed by atoms with Crippen molar-refractivity contribution in [2.75, 3.05) is 0 Å². The van der Waals surface area contributed by atoms with Gasteiger partial charge >= 0.3 is 0 Å². The number of hydrogen-bond donors (Lipinski definition) is 1. The zero-order valence-corrected chi connectivity index (χ0v) is 9.21. The number of hydrogen-bond acceptors (Lipinski definition) is 2. The highest BCUT2D eigenvalue weighted by Crippen LogP contribution is 2.23. The third-order valence-electron chi connectivity index (χ3n) is 2.50. The average Bonchev–Trinajstić information content (AvgIpc) is 2.20. The summed E-state index contributed by atoms with van der Waals surface area (Å²) in [5.74, 6) is 5.08. The Morgan fingerprint density at radius 1 is 1.20 bits per heavy atom. The fourth-order valence-electron chi connectivity index (χ4n) is 1.67. The van der Waals surface area contributed by atoms with Crippen molar-refractivity contribution in [3.8, 4) is 0 Å². The van der Waals surface area contributed by atoms with Crippen LogP contribution in [-0.2, 0) is 11.4 Å². The Balaban J connectivity index is 2.61. The van der Waals surface area contributed by atoms with Gasteiger partial charge in [-0.2, -0.15) is 0 Å². The zero-order chi connectivity index (χ0) is 10.8. The van der Waals surface area contributed by atoms with Gasteiger partial charge in [0, 0.05) is 5.02 Å². The highest BCUT2D eigenvalue weighted by molar-refractivity contribution is 6.31. The Hall–Kier alpha value is -1.09. The lowest BCUT2D eigenvalue weighted by Gasteiger charge is -2.07. The highest BCUT2D eigenvalue weighted by atomic mass is 35.5. The van der Waals surface area contributed by atoms with E-state index in [2.05, 4.69) is 17.0 Å². The Kier molecular flexibility index (Phi) is 2.91. The van der Waals surface area contributed by atoms with Crippen LogP contribution in [0.25, 0.3) is 10.8 Å². The van der Waals surface area contributed by atoms with Gasteiger partial charge in [0.2, 0.25) is 0 Å². The molecule has 0 aliphatic rings. The van der Waals surface area contributed by atoms with Crippen LogP contribution in [0.2, 0.25) is 5.02 Å². The third kappa shape index (κ3) is 2.12. The predicted octanol–water partition coefficient (Wildman–Crippen LogP) is 3.19. The van der Waals surface area contributed by atoms with Gasteiger partial charge in [0.1, 0.15) is 0 Å². The van der Waals surface area contributed by atoms with Crippen LogP contribution in [0.4, 0.5) is 0 Å². The van der Waals surface area contributed by atoms with Crippen LogP contribution in [0.1, 0.15) is 11.1 Å². The second-order valence-corrected chi connectivity index (χ2v) is 4.02. The highest BCUT2D eigenvalue weighted by Gasteiger charge is 2.02. The van der Waals surface area contributed by atoms with Gasteiger partial charge in [0.25, 0.3) is 0 Å². The first-order valence-corrected chi connectivity index (χ1v) is 5.09. The molecule has 0 aliphatic carbocycles. The molecular weight excluding hydrogens is 210 g/mol. The maximum atomic E-state index is 5.93. The van der Waals surface area contributed by atoms with Crippen LogP contribution in [0.5, 0.6) is 0 Å². The van der Waals surface area contributed by atoms with E-state index in [0.29, 0.717) is 6.61 Å². The summed E-state index contributed by atoms with van der Waals surface area (Å²) in [6.07, 6.45) is 0. The molecule has 2 aromatic rings. The van der Waals surface area contributed by atoms with Crippen molar-refractivity contribution in [3.63, 3.8) is 0 Å². The van der Waals surface area contributed by atoms with Crippen molar-refractivity contribution in [3.05, 3.63) is 46.5 Å². The van der Waals surface area contributed by atoms with E-state index in [-0.39, 0.29) is 0 Å². The SMILES string of the molecule is Cc1cc2ccc(Cl)cc2cc1CON. The molecule has 0 saturated heterocycles. The molecule has 0 amide bonds. The number of nitrogens with two attached hydrogens (primary N) is 1. The molecule has 0 atom stereocenters. The van der Waals surface area contributed by atoms with Crippen LogP contribution in [0.3, 0.4) is 0 Å². The minimum atomic E-state index is 0.425. The summed E-state index contributed by atoms with van der Waals surface area (Å²) < 4.78 is 0. The van der Waals surface area contributed by atoms with E-state index in [9.17, 15) is 0 Å². The van der Waals surface area contributed by atoms with Crippen LogP contribution in [-0.4, -0.2) is 0 Å². The molecule has 0 bridgehead atoms. The Bertz CT molecular complexity index is 496. The molecule has 0 unspecified atom stereocenters. The zero-order valence-electron chi connectivity index (χ0n) is 8.46. The van der Waals surface area contributed by atoms with E-state index in [4.69, 9.17) is 17.5 Å². The largest absolute Gasteiger partial charge is 0.300 e. The van der Waals surface area contributed by atoms with Crippen molar-refractivity contribution in [1.29, 1.82) is 0 Å². The Labute approximate surface area is 93.6 Å². The smallest absolute Gasteiger partial charge is 0.0932 e. The Morgan fingerprint density at radius 3 is 2.73 bits per heavy atom. The maximum absolute atomic E-state index is 5.93. The molecule has 2 aromatic carbocycles. The fraction of sp³-hybridized carbons (Fsp3) is 0.167. The molecule has 0 aromatic heterocycles. The van der Waals surface area contributed by atoms with E-state index < -0.39 is 0 Å². The molecular formula is C12H12ClNO. The number of fused-ring (bicyclic) bond motifs is 1. The van der Waals surface area contributed by atoms with Crippen LogP contribution < -0.4 is 5.90 Å². The number of rotatable bonds is 2. The van der Waals surface area contributed by atoms with Crippen molar-refractivity contribution in [2.24, 2.45) is 5.90 Å². The fourth-order valence-corrected chi connectivity index (χ4v) is 1.86. The monoisotopic (exact) mass is 221 g/mol. The van der Waals surface area contributed by atoms with Crippen LogP contribution in [0, 0.1) is 6.92 Å². The lowest BCUT2D eigenvalue weighted by molar-refractivity contribution is 0.124. The molecule has 0 fully saturated rings. The normalized spacial score (nSPS) is 10.9. The molecule has 2 nitrogen and oxygen atoms in total. The molecule has 2 N–H and O–H groups in total. The minimum Gasteiger partial charge on any atom is -0.300 e. The first-order chi connectivity index (χ1) is 7.20. The van der Waals surface area contributed by atoms with Crippen molar-refractivity contribution in [2.45, 2.75) is 13.5 Å². The first kappa shape index (κ1) is 10.4. The first-order valence-electron chi connectivity index (χ1n) is 4.71. The summed E-state index contributed by atoms with van der Waals surface area (Å²) in [6.45, 7) is 2.47. The van der Waals surface area contributed by atoms with Gasteiger partial charge in [-0.15, -0.1) is 0 Å². The average molecular weight is 222 g/mol. The van der Waals surface area contributed by atoms with Crippen molar-refractivity contribution in [1.82, 2.24) is 0 Å². The van der Waals surface area contributed by atoms with Gasteiger partial charge in [-0.3, -0.25) is 4.84 Å². The van der Waals surface area contributed by atoms with E-state index in [1.54, 1.807) is 0 Å². The van der Waals surface area contributed by atoms with E-state index >= 15 is 0 Å². The maximum Gasteiger partial charge on any atom is 0.0932 e. The molecule has 0 radical (unpaired) electrons. The third-order valence-corrected chi connectivity index (χ3v) is 2.73. The van der Waals surface area contributed by atoms with Gasteiger partial charge in [0.15, 0.2) is 0 Å². The van der Waals surface area contributed by atoms with Gasteiger partial charge in [-0.1, -0.05) is 23.7 Å². The number of aryl methyl sites for hydroxylation is 1. The molecule has 0 aliphatic heterocycles. The predicted molar refractivity (Wildman–Crippen MR) is 62.7 cm³/mol. The molecule has 0 spiro atoms. The number of halogens is 1. The lowest BCUT2D eigenvalue weighted by Crippen LogP contribution is -2.00. The molecule has 3 heteroatoms. The minimum absolute atomic E-state index is 0.425. The van der Waals surface area contributed by atoms with Crippen molar-refractivity contribution < 1.29 is 4.84 Å². The standard InChI is InChI=1S/C12H12ClNO/c1-8-4-9-2-3-12(13)6-10(9)5-11(8)7-15-14/h2-6H,7,14H2,1H3. The summed E-state index contributed by atoms with van der Waals surface area (Å²) in [5, 5.41) is 3.03. The van der Waals surface area contributed by atoms with E-state index in [1.807, 2.05) is 25.1 Å². The number of benzene rings is 2. The topological polar surface area (TPSA) is 35.2 Å². The van der Waals surface area contributed by atoms with Gasteiger partial charge in [0.05, 0.1) is 6.61 Å².